The van der Waals surface area contributed by atoms with Gasteiger partial charge in [-0.1, -0.05) is 93.0 Å². The van der Waals surface area contributed by atoms with Crippen LogP contribution in [0.3, 0.4) is 0 Å². The Bertz CT molecular complexity index is 1430. The van der Waals surface area contributed by atoms with Gasteiger partial charge in [-0.25, -0.2) is 4.98 Å². The lowest BCUT2D eigenvalue weighted by Gasteiger charge is -2.40. The first-order valence-corrected chi connectivity index (χ1v) is 20.5. The highest BCUT2D eigenvalue weighted by molar-refractivity contribution is 7.09. The Morgan fingerprint density at radius 3 is 2.40 bits per heavy atom. The van der Waals surface area contributed by atoms with Crippen LogP contribution in [0.1, 0.15) is 135 Å². The number of benzene rings is 1. The molecule has 0 saturated heterocycles. The molecular weight excluding hydrogens is 675 g/mol. The predicted molar refractivity (Wildman–Crippen MR) is 210 cm³/mol. The molecular formula is C41H67N5O5S. The monoisotopic (exact) mass is 741 g/mol. The first-order valence-electron chi connectivity index (χ1n) is 19.6. The minimum atomic E-state index is -0.790. The van der Waals surface area contributed by atoms with Crippen molar-refractivity contribution in [1.82, 2.24) is 25.8 Å². The summed E-state index contributed by atoms with van der Waals surface area (Å²) >= 11 is 1.57. The number of hydrogen-bond donors (Lipinski definition) is 4. The molecule has 7 atom stereocenters. The number of hydrogen-bond acceptors (Lipinski definition) is 8. The minimum Gasteiger partial charge on any atom is -0.481 e. The van der Waals surface area contributed by atoms with E-state index in [0.717, 1.165) is 53.9 Å². The predicted octanol–water partition coefficient (Wildman–Crippen LogP) is 7.09. The first-order chi connectivity index (χ1) is 24.7. The highest BCUT2D eigenvalue weighted by atomic mass is 32.1. The second kappa shape index (κ2) is 20.6. The summed E-state index contributed by atoms with van der Waals surface area (Å²) in [5.74, 6) is -1.41. The zero-order valence-corrected chi connectivity index (χ0v) is 34.3. The fraction of sp³-hybridized carbons (Fsp3) is 0.707. The molecule has 0 radical (unpaired) electrons. The number of carboxylic acid groups (broad SMARTS) is 1. The number of fused-ring (bicyclic) bond motifs is 1. The van der Waals surface area contributed by atoms with E-state index in [1.807, 2.05) is 36.1 Å². The number of carbonyl (C=O) groups excluding carboxylic acids is 2. The van der Waals surface area contributed by atoms with Gasteiger partial charge in [-0.15, -0.1) is 11.3 Å². The Kier molecular flexibility index (Phi) is 17.2. The van der Waals surface area contributed by atoms with E-state index in [0.29, 0.717) is 32.5 Å². The Morgan fingerprint density at radius 2 is 1.81 bits per heavy atom. The van der Waals surface area contributed by atoms with Gasteiger partial charge in [0.25, 0.3) is 0 Å². The molecule has 7 unspecified atom stereocenters. The van der Waals surface area contributed by atoms with Crippen molar-refractivity contribution in [2.75, 3.05) is 20.2 Å². The number of nitrogens with one attached hydrogen (secondary N) is 3. The lowest BCUT2D eigenvalue weighted by molar-refractivity contribution is -0.142. The zero-order chi connectivity index (χ0) is 38.6. The molecule has 0 fully saturated rings. The molecule has 1 aromatic carbocycles. The van der Waals surface area contributed by atoms with Crippen molar-refractivity contribution in [2.45, 2.75) is 150 Å². The maximum atomic E-state index is 14.7. The molecule has 1 aliphatic rings. The van der Waals surface area contributed by atoms with Gasteiger partial charge in [0.1, 0.15) is 17.2 Å². The van der Waals surface area contributed by atoms with Crippen molar-refractivity contribution in [3.63, 3.8) is 0 Å². The Balaban J connectivity index is 1.83. The second-order valence-corrected chi connectivity index (χ2v) is 16.5. The molecule has 1 aromatic heterocycles. The second-order valence-electron chi connectivity index (χ2n) is 15.7. The van der Waals surface area contributed by atoms with Crippen LogP contribution in [0.2, 0.25) is 0 Å². The summed E-state index contributed by atoms with van der Waals surface area (Å²) in [6.45, 7) is 20.5. The normalized spacial score (nSPS) is 19.0. The van der Waals surface area contributed by atoms with Gasteiger partial charge >= 0.3 is 5.97 Å². The Labute approximate surface area is 317 Å². The molecule has 0 aliphatic heterocycles. The van der Waals surface area contributed by atoms with Gasteiger partial charge in [0, 0.05) is 43.6 Å². The van der Waals surface area contributed by atoms with E-state index in [1.165, 1.54) is 0 Å². The maximum Gasteiger partial charge on any atom is 0.311 e. The average Bonchev–Trinajstić information content (AvgIpc) is 3.60. The van der Waals surface area contributed by atoms with Crippen LogP contribution in [0.25, 0.3) is 0 Å². The van der Waals surface area contributed by atoms with E-state index in [9.17, 15) is 19.5 Å². The Hall–Kier alpha value is -2.86. The number of likely N-dealkylation sites (N-methyl/N-ethyl adjacent to an activating group) is 1. The molecule has 1 heterocycles. The number of amides is 2. The number of carbonyl (C=O) groups is 3. The van der Waals surface area contributed by atoms with E-state index in [4.69, 9.17) is 9.72 Å². The highest BCUT2D eigenvalue weighted by Gasteiger charge is 2.39. The molecule has 52 heavy (non-hydrogen) atoms. The summed E-state index contributed by atoms with van der Waals surface area (Å²) in [7, 11) is 1.81. The van der Waals surface area contributed by atoms with Crippen LogP contribution in [-0.4, -0.2) is 77.1 Å². The lowest BCUT2D eigenvalue weighted by atomic mass is 9.80. The van der Waals surface area contributed by atoms with Gasteiger partial charge in [-0.2, -0.15) is 0 Å². The minimum absolute atomic E-state index is 0.0302. The number of nitrogens with zero attached hydrogens (tertiary/aromatic N) is 2. The van der Waals surface area contributed by atoms with Crippen LogP contribution in [-0.2, 0) is 32.1 Å². The number of ether oxygens (including phenoxy) is 1. The summed E-state index contributed by atoms with van der Waals surface area (Å²) < 4.78 is 6.49. The molecule has 0 bridgehead atoms. The third-order valence-electron chi connectivity index (χ3n) is 11.0. The summed E-state index contributed by atoms with van der Waals surface area (Å²) in [6, 6.07) is 6.66. The van der Waals surface area contributed by atoms with Gasteiger partial charge in [-0.3, -0.25) is 14.4 Å². The smallest absolute Gasteiger partial charge is 0.311 e. The van der Waals surface area contributed by atoms with Crippen molar-refractivity contribution in [2.24, 2.45) is 17.3 Å². The Morgan fingerprint density at radius 1 is 1.10 bits per heavy atom. The molecule has 2 amide bonds. The molecule has 0 spiro atoms. The van der Waals surface area contributed by atoms with E-state index >= 15 is 0 Å². The fourth-order valence-corrected chi connectivity index (χ4v) is 8.23. The van der Waals surface area contributed by atoms with Crippen LogP contribution < -0.4 is 16.0 Å². The molecule has 0 saturated carbocycles. The van der Waals surface area contributed by atoms with Crippen LogP contribution in [0.5, 0.6) is 0 Å². The number of aromatic nitrogens is 1. The van der Waals surface area contributed by atoms with Gasteiger partial charge in [0.05, 0.1) is 17.7 Å². The SMILES string of the molecule is CCCOC(CC(C(C)C)N(CCC)C(=O)C(NC(=O)C(NC)C(C)(C)CC)C(C)CC)c1nc(CNC2Cc3ccccc3C(C(=O)O)C2)cs1. The lowest BCUT2D eigenvalue weighted by Crippen LogP contribution is -2.60. The van der Waals surface area contributed by atoms with Gasteiger partial charge in [-0.05, 0) is 67.5 Å². The summed E-state index contributed by atoms with van der Waals surface area (Å²) in [4.78, 5) is 47.5. The number of thiazole rings is 1. The number of aliphatic carboxylic acids is 1. The molecule has 292 valence electrons. The highest BCUT2D eigenvalue weighted by Crippen LogP contribution is 2.34. The van der Waals surface area contributed by atoms with Crippen molar-refractivity contribution in [1.29, 1.82) is 0 Å². The first kappa shape index (κ1) is 43.5. The molecule has 3 rings (SSSR count). The standard InChI is InChI=1S/C41H67N5O5S/c1-11-19-46(39(48)35(27(7)13-3)45-37(47)36(42-10)41(8,9)14-4)33(26(5)6)23-34(51-20-12-2)38-44-30(25-52-38)24-43-29-21-28-17-15-16-18-31(28)32(22-29)40(49)50/h15-18,25-27,29,32-36,42-43H,11-14,19-24H2,1-10H3,(H,45,47)(H,49,50). The van der Waals surface area contributed by atoms with Crippen molar-refractivity contribution < 1.29 is 24.2 Å². The van der Waals surface area contributed by atoms with E-state index in [2.05, 4.69) is 76.7 Å². The van der Waals surface area contributed by atoms with Crippen LogP contribution >= 0.6 is 11.3 Å². The van der Waals surface area contributed by atoms with Crippen LogP contribution in [0, 0.1) is 17.3 Å². The van der Waals surface area contributed by atoms with Crippen molar-refractivity contribution in [3.05, 3.63) is 51.5 Å². The van der Waals surface area contributed by atoms with Crippen LogP contribution in [0.15, 0.2) is 29.6 Å². The van der Waals surface area contributed by atoms with Gasteiger partial charge in [0.15, 0.2) is 0 Å². The molecule has 4 N–H and O–H groups in total. The topological polar surface area (TPSA) is 133 Å². The summed E-state index contributed by atoms with van der Waals surface area (Å²) in [5, 5.41) is 22.8. The van der Waals surface area contributed by atoms with Crippen molar-refractivity contribution in [3.8, 4) is 0 Å². The van der Waals surface area contributed by atoms with E-state index < -0.39 is 24.0 Å². The third kappa shape index (κ3) is 11.3. The van der Waals surface area contributed by atoms with E-state index in [-0.39, 0.29) is 47.3 Å². The molecule has 1 aliphatic carbocycles. The summed E-state index contributed by atoms with van der Waals surface area (Å²) in [5.41, 5.74) is 2.61. The number of carboxylic acids is 1. The van der Waals surface area contributed by atoms with Gasteiger partial charge < -0.3 is 30.7 Å². The fourth-order valence-electron chi connectivity index (χ4n) is 7.35. The van der Waals surface area contributed by atoms with E-state index in [1.54, 1.807) is 18.4 Å². The van der Waals surface area contributed by atoms with Gasteiger partial charge in [0.2, 0.25) is 11.8 Å². The maximum absolute atomic E-state index is 14.7. The summed E-state index contributed by atoms with van der Waals surface area (Å²) in [6.07, 6.45) is 4.83. The quantitative estimate of drug-likeness (QED) is 0.101. The third-order valence-corrected chi connectivity index (χ3v) is 12.0. The van der Waals surface area contributed by atoms with Crippen molar-refractivity contribution >= 4 is 29.1 Å². The molecule has 11 heteroatoms. The largest absolute Gasteiger partial charge is 0.481 e. The van der Waals surface area contributed by atoms with Crippen LogP contribution in [0.4, 0.5) is 0 Å². The molecule has 10 nitrogen and oxygen atoms in total. The molecule has 2 aromatic rings. The zero-order valence-electron chi connectivity index (χ0n) is 33.5. The number of rotatable bonds is 22. The average molecular weight is 742 g/mol.